The van der Waals surface area contributed by atoms with Crippen LogP contribution in [0.4, 0.5) is 0 Å². The lowest BCUT2D eigenvalue weighted by Crippen LogP contribution is -2.49. The topological polar surface area (TPSA) is 47.8 Å². The lowest BCUT2D eigenvalue weighted by atomic mass is 10.2. The van der Waals surface area contributed by atoms with Crippen LogP contribution < -0.4 is 10.6 Å². The maximum Gasteiger partial charge on any atom is 0.191 e. The van der Waals surface area contributed by atoms with E-state index in [1.54, 1.807) is 0 Å². The third-order valence-electron chi connectivity index (χ3n) is 4.35. The molecule has 1 aliphatic rings. The maximum atomic E-state index is 4.76. The average molecular weight is 448 g/mol. The van der Waals surface area contributed by atoms with E-state index in [1.165, 1.54) is 0 Å². The van der Waals surface area contributed by atoms with Gasteiger partial charge in [0.1, 0.15) is 0 Å². The number of piperazine rings is 1. The summed E-state index contributed by atoms with van der Waals surface area (Å²) >= 11 is 0. The first kappa shape index (κ1) is 21.2. The summed E-state index contributed by atoms with van der Waals surface area (Å²) in [5.74, 6) is 0.917. The first-order valence-corrected chi connectivity index (χ1v) is 8.74. The zero-order chi connectivity index (χ0) is 16.5. The van der Waals surface area contributed by atoms with Crippen molar-refractivity contribution in [3.63, 3.8) is 0 Å². The first-order valence-electron chi connectivity index (χ1n) is 8.74. The quantitative estimate of drug-likeness (QED) is 0.375. The molecule has 138 valence electrons. The summed E-state index contributed by atoms with van der Waals surface area (Å²) in [6.45, 7) is 12.5. The molecule has 0 saturated carbocycles. The average Bonchev–Trinajstić information content (AvgIpc) is 3.06. The summed E-state index contributed by atoms with van der Waals surface area (Å²) in [6, 6.07) is 4.59. The number of halogens is 1. The largest absolute Gasteiger partial charge is 0.357 e. The van der Waals surface area contributed by atoms with Gasteiger partial charge in [-0.15, -0.1) is 24.0 Å². The lowest BCUT2D eigenvalue weighted by molar-refractivity contribution is 0.122. The number of nitrogens with one attached hydrogen (secondary N) is 2. The van der Waals surface area contributed by atoms with Gasteiger partial charge in [-0.2, -0.15) is 0 Å². The molecule has 24 heavy (non-hydrogen) atoms. The fourth-order valence-corrected chi connectivity index (χ4v) is 2.77. The molecule has 0 radical (unpaired) electrons. The number of rotatable bonds is 7. The molecule has 1 fully saturated rings. The normalized spacial score (nSPS) is 18.0. The Balaban J connectivity index is 0.00000288. The second-order valence-corrected chi connectivity index (χ2v) is 6.26. The molecule has 0 aromatic carbocycles. The number of aliphatic imine (C=N–C) groups is 1. The van der Waals surface area contributed by atoms with Gasteiger partial charge in [0.15, 0.2) is 5.96 Å². The number of aromatic nitrogens is 1. The van der Waals surface area contributed by atoms with Gasteiger partial charge < -0.3 is 20.1 Å². The van der Waals surface area contributed by atoms with E-state index >= 15 is 0 Å². The van der Waals surface area contributed by atoms with E-state index in [0.29, 0.717) is 6.04 Å². The van der Waals surface area contributed by atoms with E-state index in [-0.39, 0.29) is 24.0 Å². The number of hydrogen-bond acceptors (Lipinski definition) is 3. The van der Waals surface area contributed by atoms with Crippen LogP contribution in [0.5, 0.6) is 0 Å². The van der Waals surface area contributed by atoms with E-state index in [2.05, 4.69) is 70.4 Å². The Morgan fingerprint density at radius 2 is 1.79 bits per heavy atom. The highest BCUT2D eigenvalue weighted by Gasteiger charge is 2.18. The summed E-state index contributed by atoms with van der Waals surface area (Å²) in [5, 5.41) is 6.75. The Morgan fingerprint density at radius 3 is 2.42 bits per heavy atom. The van der Waals surface area contributed by atoms with Gasteiger partial charge in [-0.3, -0.25) is 9.89 Å². The molecule has 2 N–H and O–H groups in total. The maximum absolute atomic E-state index is 4.76. The Hall–Kier alpha value is -0.800. The van der Waals surface area contributed by atoms with Gasteiger partial charge in [0, 0.05) is 64.2 Å². The first-order chi connectivity index (χ1) is 11.2. The molecule has 1 aromatic heterocycles. The summed E-state index contributed by atoms with van der Waals surface area (Å²) in [7, 11) is 2.19. The number of guanidine groups is 1. The van der Waals surface area contributed by atoms with Crippen LogP contribution in [-0.4, -0.2) is 79.2 Å². The molecule has 1 saturated heterocycles. The molecular weight excluding hydrogens is 415 g/mol. The van der Waals surface area contributed by atoms with Crippen molar-refractivity contribution in [1.29, 1.82) is 0 Å². The fourth-order valence-electron chi connectivity index (χ4n) is 2.77. The smallest absolute Gasteiger partial charge is 0.191 e. The fraction of sp³-hybridized carbons (Fsp3) is 0.706. The van der Waals surface area contributed by atoms with Crippen LogP contribution in [0.2, 0.25) is 0 Å². The molecule has 1 aromatic rings. The van der Waals surface area contributed by atoms with Gasteiger partial charge >= 0.3 is 0 Å². The highest BCUT2D eigenvalue weighted by molar-refractivity contribution is 14.0. The third-order valence-corrected chi connectivity index (χ3v) is 4.35. The molecule has 0 amide bonds. The van der Waals surface area contributed by atoms with Gasteiger partial charge in [0.25, 0.3) is 0 Å². The number of likely N-dealkylation sites (N-methyl/N-ethyl adjacent to an activating group) is 1. The van der Waals surface area contributed by atoms with E-state index in [1.807, 2.05) is 0 Å². The van der Waals surface area contributed by atoms with Gasteiger partial charge in [0.2, 0.25) is 0 Å². The Bertz CT molecular complexity index is 454. The standard InChI is InChI=1S/C17H32N6.HI/c1-4-18-17(19-7-10-22-8-5-6-9-22)20-15-16(2)23-13-11-21(3)12-14-23;/h5-6,8-9,16H,4,7,10-15H2,1-3H3,(H2,18,19,20);1H. The van der Waals surface area contributed by atoms with E-state index in [4.69, 9.17) is 4.99 Å². The highest BCUT2D eigenvalue weighted by Crippen LogP contribution is 2.05. The summed E-state index contributed by atoms with van der Waals surface area (Å²) in [6.07, 6.45) is 4.17. The molecule has 2 rings (SSSR count). The minimum atomic E-state index is 0. The predicted molar refractivity (Wildman–Crippen MR) is 112 cm³/mol. The third kappa shape index (κ3) is 7.40. The van der Waals surface area contributed by atoms with Crippen molar-refractivity contribution in [2.24, 2.45) is 4.99 Å². The molecule has 6 nitrogen and oxygen atoms in total. The molecule has 0 spiro atoms. The molecule has 1 atom stereocenters. The molecule has 0 bridgehead atoms. The number of nitrogens with zero attached hydrogens (tertiary/aromatic N) is 4. The van der Waals surface area contributed by atoms with Gasteiger partial charge in [-0.25, -0.2) is 0 Å². The van der Waals surface area contributed by atoms with Crippen molar-refractivity contribution in [1.82, 2.24) is 25.0 Å². The van der Waals surface area contributed by atoms with Crippen molar-refractivity contribution in [3.8, 4) is 0 Å². The van der Waals surface area contributed by atoms with Gasteiger partial charge in [0.05, 0.1) is 6.54 Å². The summed E-state index contributed by atoms with van der Waals surface area (Å²) < 4.78 is 2.17. The molecule has 1 aliphatic heterocycles. The van der Waals surface area contributed by atoms with Crippen molar-refractivity contribution < 1.29 is 0 Å². The second kappa shape index (κ2) is 11.7. The number of hydrogen-bond donors (Lipinski definition) is 2. The lowest BCUT2D eigenvalue weighted by Gasteiger charge is -2.35. The van der Waals surface area contributed by atoms with Gasteiger partial charge in [-0.05, 0) is 33.0 Å². The van der Waals surface area contributed by atoms with Crippen LogP contribution in [0.1, 0.15) is 13.8 Å². The molecule has 1 unspecified atom stereocenters. The van der Waals surface area contributed by atoms with Crippen LogP contribution in [-0.2, 0) is 6.54 Å². The monoisotopic (exact) mass is 448 g/mol. The van der Waals surface area contributed by atoms with Crippen molar-refractivity contribution in [2.45, 2.75) is 26.4 Å². The molecule has 2 heterocycles. The van der Waals surface area contributed by atoms with Crippen LogP contribution in [0.15, 0.2) is 29.5 Å². The van der Waals surface area contributed by atoms with Crippen molar-refractivity contribution in [2.75, 3.05) is 52.9 Å². The molecule has 0 aliphatic carbocycles. The van der Waals surface area contributed by atoms with Crippen LogP contribution in [0.25, 0.3) is 0 Å². The second-order valence-electron chi connectivity index (χ2n) is 6.26. The Morgan fingerprint density at radius 1 is 1.12 bits per heavy atom. The van der Waals surface area contributed by atoms with Crippen LogP contribution >= 0.6 is 24.0 Å². The van der Waals surface area contributed by atoms with E-state index in [9.17, 15) is 0 Å². The Labute approximate surface area is 163 Å². The van der Waals surface area contributed by atoms with Crippen molar-refractivity contribution in [3.05, 3.63) is 24.5 Å². The zero-order valence-corrected chi connectivity index (χ0v) is 17.6. The SMILES string of the molecule is CCNC(=NCC(C)N1CCN(C)CC1)NCCn1cccc1.I. The minimum Gasteiger partial charge on any atom is -0.357 e. The predicted octanol–water partition coefficient (Wildman–Crippen LogP) is 1.30. The minimum absolute atomic E-state index is 0. The van der Waals surface area contributed by atoms with E-state index in [0.717, 1.165) is 58.3 Å². The van der Waals surface area contributed by atoms with Crippen LogP contribution in [0.3, 0.4) is 0 Å². The molecular formula is C17H33IN6. The summed E-state index contributed by atoms with van der Waals surface area (Å²) in [5.41, 5.74) is 0. The van der Waals surface area contributed by atoms with Gasteiger partial charge in [-0.1, -0.05) is 0 Å². The van der Waals surface area contributed by atoms with Crippen molar-refractivity contribution >= 4 is 29.9 Å². The molecule has 7 heteroatoms. The Kier molecular flexibility index (Phi) is 10.4. The highest BCUT2D eigenvalue weighted by atomic mass is 127. The van der Waals surface area contributed by atoms with Crippen LogP contribution in [0, 0.1) is 0 Å². The summed E-state index contributed by atoms with van der Waals surface area (Å²) in [4.78, 5) is 9.68. The van der Waals surface area contributed by atoms with E-state index < -0.39 is 0 Å². The zero-order valence-electron chi connectivity index (χ0n) is 15.2.